The normalized spacial score (nSPS) is 14.6. The lowest BCUT2D eigenvalue weighted by Gasteiger charge is -2.43. The predicted molar refractivity (Wildman–Crippen MR) is 133 cm³/mol. The molecule has 0 fully saturated rings. The molecule has 3 aromatic rings. The van der Waals surface area contributed by atoms with Gasteiger partial charge in [0.25, 0.3) is 0 Å². The standard InChI is InChI=1S/C26H29N3O2S/c1-20-10-14-23(15-11-20)28-18-25(22-8-6-5-7-9-22)26(27(3)32(4,30)31)29(19-28)24-16-12-21(2)13-17-24/h5-17H,18-19H2,1-4H3. The molecule has 32 heavy (non-hydrogen) atoms. The molecule has 0 N–H and O–H groups in total. The molecule has 3 aromatic carbocycles. The molecule has 0 spiro atoms. The number of hydrogen-bond acceptors (Lipinski definition) is 4. The van der Waals surface area contributed by atoms with Crippen LogP contribution in [0.15, 0.2) is 84.7 Å². The molecular weight excluding hydrogens is 418 g/mol. The molecule has 1 aliphatic heterocycles. The summed E-state index contributed by atoms with van der Waals surface area (Å²) in [4.78, 5) is 4.37. The Morgan fingerprint density at radius 3 is 1.84 bits per heavy atom. The van der Waals surface area contributed by atoms with Crippen LogP contribution in [0, 0.1) is 13.8 Å². The Balaban J connectivity index is 1.93. The average molecular weight is 448 g/mol. The van der Waals surface area contributed by atoms with E-state index in [0.29, 0.717) is 19.0 Å². The molecule has 0 aromatic heterocycles. The second kappa shape index (κ2) is 8.71. The second-order valence-electron chi connectivity index (χ2n) is 8.34. The highest BCUT2D eigenvalue weighted by atomic mass is 32.2. The van der Waals surface area contributed by atoms with Crippen LogP contribution in [0.3, 0.4) is 0 Å². The summed E-state index contributed by atoms with van der Waals surface area (Å²) >= 11 is 0. The quantitative estimate of drug-likeness (QED) is 0.561. The maximum absolute atomic E-state index is 12.7. The van der Waals surface area contributed by atoms with Crippen molar-refractivity contribution >= 4 is 27.0 Å². The van der Waals surface area contributed by atoms with Gasteiger partial charge in [0, 0.05) is 30.5 Å². The topological polar surface area (TPSA) is 43.9 Å². The van der Waals surface area contributed by atoms with Gasteiger partial charge in [-0.2, -0.15) is 0 Å². The highest BCUT2D eigenvalue weighted by Gasteiger charge is 2.32. The average Bonchev–Trinajstić information content (AvgIpc) is 2.79. The zero-order valence-electron chi connectivity index (χ0n) is 19.0. The molecule has 0 amide bonds. The summed E-state index contributed by atoms with van der Waals surface area (Å²) in [5.74, 6) is 0.686. The van der Waals surface area contributed by atoms with Crippen molar-refractivity contribution in [3.05, 3.63) is 101 Å². The number of nitrogens with zero attached hydrogens (tertiary/aromatic N) is 3. The maximum Gasteiger partial charge on any atom is 0.233 e. The van der Waals surface area contributed by atoms with Gasteiger partial charge in [0.2, 0.25) is 10.0 Å². The van der Waals surface area contributed by atoms with Gasteiger partial charge in [-0.3, -0.25) is 4.31 Å². The molecule has 6 heteroatoms. The van der Waals surface area contributed by atoms with Crippen molar-refractivity contribution in [3.8, 4) is 0 Å². The van der Waals surface area contributed by atoms with Crippen LogP contribution in [0.5, 0.6) is 0 Å². The number of hydrogen-bond donors (Lipinski definition) is 0. The van der Waals surface area contributed by atoms with Crippen molar-refractivity contribution in [1.29, 1.82) is 0 Å². The Morgan fingerprint density at radius 2 is 1.31 bits per heavy atom. The molecule has 0 radical (unpaired) electrons. The summed E-state index contributed by atoms with van der Waals surface area (Å²) in [6.45, 7) is 5.27. The first-order valence-corrected chi connectivity index (χ1v) is 12.5. The van der Waals surface area contributed by atoms with E-state index in [1.807, 2.05) is 49.4 Å². The van der Waals surface area contributed by atoms with E-state index in [9.17, 15) is 8.42 Å². The molecule has 0 atom stereocenters. The molecule has 0 unspecified atom stereocenters. The Morgan fingerprint density at radius 1 is 0.781 bits per heavy atom. The Bertz CT molecular complexity index is 1220. The van der Waals surface area contributed by atoms with Gasteiger partial charge in [-0.25, -0.2) is 8.42 Å². The molecule has 1 aliphatic rings. The minimum Gasteiger partial charge on any atom is -0.349 e. The Hall–Kier alpha value is -3.25. The molecule has 166 valence electrons. The first-order valence-electron chi connectivity index (χ1n) is 10.6. The molecule has 5 nitrogen and oxygen atoms in total. The number of benzene rings is 3. The highest BCUT2D eigenvalue weighted by Crippen LogP contribution is 2.35. The largest absolute Gasteiger partial charge is 0.349 e. The molecule has 0 saturated heterocycles. The maximum atomic E-state index is 12.7. The summed E-state index contributed by atoms with van der Waals surface area (Å²) in [5, 5.41) is 0. The number of aryl methyl sites for hydroxylation is 2. The lowest BCUT2D eigenvalue weighted by Crippen LogP contribution is -2.49. The van der Waals surface area contributed by atoms with E-state index in [1.165, 1.54) is 16.1 Å². The van der Waals surface area contributed by atoms with Crippen LogP contribution in [0.4, 0.5) is 11.4 Å². The highest BCUT2D eigenvalue weighted by molar-refractivity contribution is 7.88. The van der Waals surface area contributed by atoms with Crippen LogP contribution in [-0.4, -0.2) is 39.2 Å². The monoisotopic (exact) mass is 447 g/mol. The fourth-order valence-corrected chi connectivity index (χ4v) is 4.47. The van der Waals surface area contributed by atoms with E-state index < -0.39 is 10.0 Å². The first-order chi connectivity index (χ1) is 15.2. The summed E-state index contributed by atoms with van der Waals surface area (Å²) in [7, 11) is -1.83. The van der Waals surface area contributed by atoms with Crippen molar-refractivity contribution in [2.45, 2.75) is 13.8 Å². The van der Waals surface area contributed by atoms with Gasteiger partial charge in [-0.05, 0) is 43.7 Å². The van der Waals surface area contributed by atoms with Crippen molar-refractivity contribution in [3.63, 3.8) is 0 Å². The Labute approximate surface area is 191 Å². The fourth-order valence-electron chi connectivity index (χ4n) is 3.95. The summed E-state index contributed by atoms with van der Waals surface area (Å²) in [5.41, 5.74) is 6.38. The number of anilines is 2. The summed E-state index contributed by atoms with van der Waals surface area (Å²) in [6, 6.07) is 26.7. The van der Waals surface area contributed by atoms with Crippen molar-refractivity contribution in [2.75, 3.05) is 36.3 Å². The van der Waals surface area contributed by atoms with Gasteiger partial charge in [-0.1, -0.05) is 65.7 Å². The van der Waals surface area contributed by atoms with Crippen LogP contribution in [0.2, 0.25) is 0 Å². The Kier molecular flexibility index (Phi) is 5.98. The molecule has 0 bridgehead atoms. The van der Waals surface area contributed by atoms with E-state index >= 15 is 0 Å². The van der Waals surface area contributed by atoms with E-state index in [4.69, 9.17) is 0 Å². The lowest BCUT2D eigenvalue weighted by atomic mass is 10.0. The SMILES string of the molecule is Cc1ccc(N2CC(c3ccccc3)=C(N(C)S(C)(=O)=O)N(c3ccc(C)cc3)C2)cc1. The van der Waals surface area contributed by atoms with E-state index in [-0.39, 0.29) is 0 Å². The molecule has 4 rings (SSSR count). The minimum atomic E-state index is -3.46. The van der Waals surface area contributed by atoms with Crippen LogP contribution in [-0.2, 0) is 10.0 Å². The smallest absolute Gasteiger partial charge is 0.233 e. The van der Waals surface area contributed by atoms with Gasteiger partial charge in [-0.15, -0.1) is 0 Å². The third-order valence-electron chi connectivity index (χ3n) is 5.85. The third-order valence-corrected chi connectivity index (χ3v) is 7.02. The van der Waals surface area contributed by atoms with Gasteiger partial charge in [0.1, 0.15) is 5.82 Å². The molecule has 1 heterocycles. The van der Waals surface area contributed by atoms with Gasteiger partial charge in [0.15, 0.2) is 0 Å². The van der Waals surface area contributed by atoms with Crippen LogP contribution >= 0.6 is 0 Å². The second-order valence-corrected chi connectivity index (χ2v) is 10.4. The van der Waals surface area contributed by atoms with E-state index in [0.717, 1.165) is 28.1 Å². The van der Waals surface area contributed by atoms with Crippen LogP contribution in [0.1, 0.15) is 16.7 Å². The predicted octanol–water partition coefficient (Wildman–Crippen LogP) is 4.85. The minimum absolute atomic E-state index is 0.539. The number of rotatable bonds is 5. The first kappa shape index (κ1) is 22.0. The van der Waals surface area contributed by atoms with E-state index in [2.05, 4.69) is 53.1 Å². The van der Waals surface area contributed by atoms with Gasteiger partial charge in [0.05, 0.1) is 12.9 Å². The molecular formula is C26H29N3O2S. The zero-order chi connectivity index (χ0) is 22.9. The van der Waals surface area contributed by atoms with E-state index in [1.54, 1.807) is 7.05 Å². The lowest BCUT2D eigenvalue weighted by molar-refractivity contribution is 0.514. The van der Waals surface area contributed by atoms with Gasteiger partial charge < -0.3 is 9.80 Å². The van der Waals surface area contributed by atoms with Crippen LogP contribution < -0.4 is 9.80 Å². The van der Waals surface area contributed by atoms with Gasteiger partial charge >= 0.3 is 0 Å². The third kappa shape index (κ3) is 4.50. The van der Waals surface area contributed by atoms with Crippen molar-refractivity contribution < 1.29 is 8.42 Å². The summed E-state index contributed by atoms with van der Waals surface area (Å²) < 4.78 is 26.8. The molecule has 0 aliphatic carbocycles. The van der Waals surface area contributed by atoms with Crippen LogP contribution in [0.25, 0.3) is 5.57 Å². The summed E-state index contributed by atoms with van der Waals surface area (Å²) in [6.07, 6.45) is 1.25. The van der Waals surface area contributed by atoms with Crippen molar-refractivity contribution in [1.82, 2.24) is 4.31 Å². The number of sulfonamides is 1. The fraction of sp³-hybridized carbons (Fsp3) is 0.231. The zero-order valence-corrected chi connectivity index (χ0v) is 19.8. The van der Waals surface area contributed by atoms with Crippen molar-refractivity contribution in [2.24, 2.45) is 0 Å². The molecule has 0 saturated carbocycles.